The number of nitrogens with two attached hydrogens (primary N) is 1. The molecule has 9 nitrogen and oxygen atoms in total. The van der Waals surface area contributed by atoms with Crippen LogP contribution in [0.3, 0.4) is 0 Å². The molecule has 0 aliphatic heterocycles. The molecule has 0 rings (SSSR count). The maximum Gasteiger partial charge on any atom is 0.472 e. The summed E-state index contributed by atoms with van der Waals surface area (Å²) in [4.78, 5) is 35.3. The van der Waals surface area contributed by atoms with E-state index in [1.165, 1.54) is 51.4 Å². The van der Waals surface area contributed by atoms with Crippen molar-refractivity contribution in [3.05, 3.63) is 194 Å². The van der Waals surface area contributed by atoms with Gasteiger partial charge in [-0.1, -0.05) is 272 Å². The van der Waals surface area contributed by atoms with E-state index in [1.807, 2.05) is 0 Å². The zero-order valence-corrected chi connectivity index (χ0v) is 54.1. The molecule has 0 fully saturated rings. The Balaban J connectivity index is 4.05. The van der Waals surface area contributed by atoms with Crippen molar-refractivity contribution in [2.75, 3.05) is 26.4 Å². The minimum absolute atomic E-state index is 0.0365. The molecule has 3 N–H and O–H groups in total. The average molecular weight is 1190 g/mol. The summed E-state index contributed by atoms with van der Waals surface area (Å²) in [6.45, 7) is 3.44. The lowest BCUT2D eigenvalue weighted by molar-refractivity contribution is -0.161. The van der Waals surface area contributed by atoms with Crippen molar-refractivity contribution >= 4 is 19.8 Å². The third-order valence-corrected chi connectivity index (χ3v) is 14.0. The molecule has 0 aromatic heterocycles. The molecule has 0 bridgehead atoms. The Morgan fingerprint density at radius 1 is 0.353 bits per heavy atom. The first-order chi connectivity index (χ1) is 41.8. The van der Waals surface area contributed by atoms with Gasteiger partial charge in [-0.3, -0.25) is 18.6 Å². The van der Waals surface area contributed by atoms with E-state index < -0.39 is 32.5 Å². The third kappa shape index (κ3) is 67.8. The summed E-state index contributed by atoms with van der Waals surface area (Å²) in [7, 11) is -4.42. The molecule has 0 saturated heterocycles. The van der Waals surface area contributed by atoms with Gasteiger partial charge in [0.25, 0.3) is 0 Å². The van der Waals surface area contributed by atoms with Gasteiger partial charge in [0, 0.05) is 19.4 Å². The number of ether oxygens (including phenoxy) is 2. The van der Waals surface area contributed by atoms with Crippen LogP contribution in [-0.4, -0.2) is 49.3 Å². The Bertz CT molecular complexity index is 2090. The van der Waals surface area contributed by atoms with Crippen LogP contribution >= 0.6 is 7.82 Å². The Hall–Kier alpha value is -5.15. The van der Waals surface area contributed by atoms with Gasteiger partial charge in [0.1, 0.15) is 6.61 Å². The molecular formula is C75H118NO8P. The molecule has 2 atom stereocenters. The van der Waals surface area contributed by atoms with Gasteiger partial charge in [-0.15, -0.1) is 0 Å². The molecule has 85 heavy (non-hydrogen) atoms. The van der Waals surface area contributed by atoms with E-state index in [4.69, 9.17) is 24.3 Å². The molecule has 0 heterocycles. The number of hydrogen-bond acceptors (Lipinski definition) is 8. The lowest BCUT2D eigenvalue weighted by Gasteiger charge is -2.19. The summed E-state index contributed by atoms with van der Waals surface area (Å²) in [5.74, 6) is -0.895. The summed E-state index contributed by atoms with van der Waals surface area (Å²) in [6, 6.07) is 0. The normalized spacial score (nSPS) is 14.3. The molecule has 2 unspecified atom stereocenters. The van der Waals surface area contributed by atoms with Gasteiger partial charge in [0.05, 0.1) is 13.2 Å². The monoisotopic (exact) mass is 1190 g/mol. The smallest absolute Gasteiger partial charge is 0.462 e. The molecule has 0 aliphatic carbocycles. The first-order valence-electron chi connectivity index (χ1n) is 32.9. The Morgan fingerprint density at radius 2 is 0.612 bits per heavy atom. The van der Waals surface area contributed by atoms with E-state index in [0.29, 0.717) is 12.8 Å². The van der Waals surface area contributed by atoms with Crippen LogP contribution in [0, 0.1) is 0 Å². The van der Waals surface area contributed by atoms with E-state index in [2.05, 4.69) is 208 Å². The highest BCUT2D eigenvalue weighted by Gasteiger charge is 2.26. The summed E-state index contributed by atoms with van der Waals surface area (Å²) in [6.07, 6.45) is 104. The number of esters is 2. The Kier molecular flexibility index (Phi) is 63.9. The molecular weight excluding hydrogens is 1070 g/mol. The SMILES string of the molecule is CC/C=C\C/C=C\C/C=C\C/C=C\C/C=C\C/C=C\C/C=C\C/C=C\CCCCCCCCCCCCCCC(=O)OC(COC(=O)CCCC/C=C\C/C=C\C/C=C\C/C=C\C/C=C\C/C=C\C/C=C\C/C=C\CC)COP(=O)(O)OCCN. The van der Waals surface area contributed by atoms with E-state index in [-0.39, 0.29) is 32.6 Å². The fraction of sp³-hybridized carbons (Fsp3) is 0.547. The summed E-state index contributed by atoms with van der Waals surface area (Å²) in [5, 5.41) is 0. The summed E-state index contributed by atoms with van der Waals surface area (Å²) < 4.78 is 33.1. The number of unbranched alkanes of at least 4 members (excludes halogenated alkanes) is 14. The van der Waals surface area contributed by atoms with Crippen molar-refractivity contribution in [3.63, 3.8) is 0 Å². The number of allylic oxidation sites excluding steroid dienone is 32. The number of hydrogen-bond donors (Lipinski definition) is 2. The van der Waals surface area contributed by atoms with Crippen LogP contribution < -0.4 is 5.73 Å². The molecule has 0 radical (unpaired) electrons. The molecule has 0 aromatic carbocycles. The van der Waals surface area contributed by atoms with E-state index in [1.54, 1.807) is 0 Å². The van der Waals surface area contributed by atoms with Crippen LogP contribution in [0.5, 0.6) is 0 Å². The minimum Gasteiger partial charge on any atom is -0.462 e. The molecule has 0 saturated carbocycles. The second kappa shape index (κ2) is 68.0. The minimum atomic E-state index is -4.42. The van der Waals surface area contributed by atoms with Gasteiger partial charge in [-0.25, -0.2) is 4.57 Å². The zero-order chi connectivity index (χ0) is 61.6. The third-order valence-electron chi connectivity index (χ3n) is 13.0. The van der Waals surface area contributed by atoms with Gasteiger partial charge >= 0.3 is 19.8 Å². The molecule has 0 amide bonds. The van der Waals surface area contributed by atoms with Crippen molar-refractivity contribution < 1.29 is 37.6 Å². The molecule has 476 valence electrons. The van der Waals surface area contributed by atoms with Crippen molar-refractivity contribution in [2.24, 2.45) is 5.73 Å². The first-order valence-corrected chi connectivity index (χ1v) is 34.4. The lowest BCUT2D eigenvalue weighted by Crippen LogP contribution is -2.29. The van der Waals surface area contributed by atoms with Gasteiger partial charge in [0.2, 0.25) is 0 Å². The maximum absolute atomic E-state index is 12.8. The van der Waals surface area contributed by atoms with Crippen LogP contribution in [0.4, 0.5) is 0 Å². The Labute approximate surface area is 519 Å². The molecule has 10 heteroatoms. The van der Waals surface area contributed by atoms with E-state index in [0.717, 1.165) is 141 Å². The van der Waals surface area contributed by atoms with Gasteiger partial charge in [-0.05, 0) is 141 Å². The van der Waals surface area contributed by atoms with E-state index >= 15 is 0 Å². The van der Waals surface area contributed by atoms with Crippen molar-refractivity contribution in [1.29, 1.82) is 0 Å². The predicted molar refractivity (Wildman–Crippen MR) is 366 cm³/mol. The standard InChI is InChI=1S/C75H118NO8P/c1-3-5-7-9-11-13-15-17-19-21-23-25-27-29-31-32-33-34-35-36-37-38-39-40-42-44-46-48-50-52-54-56-58-60-62-64-66-68-75(78)84-73(72-83-85(79,80)82-70-69-76)71-81-74(77)67-65-63-61-59-57-55-53-51-49-47-45-43-41-30-28-26-24-22-20-18-16-14-12-10-8-6-4-2/h5-8,11-14,17-20,23-26,29-31,33-34,36-37,39-41,45,47,51,53,57,59,73H,3-4,9-10,15-16,21-22,27-28,32,35,38,42-44,46,48-50,52,54-56,58,60-72,76H2,1-2H3,(H,79,80)/b7-5-,8-6-,13-11-,14-12-,19-17-,20-18-,25-23-,26-24-,31-29-,34-33-,37-36-,40-39-,41-30-,47-45-,53-51-,59-57-. The summed E-state index contributed by atoms with van der Waals surface area (Å²) >= 11 is 0. The highest BCUT2D eigenvalue weighted by molar-refractivity contribution is 7.47. The number of phosphoric ester groups is 1. The van der Waals surface area contributed by atoms with Crippen molar-refractivity contribution in [3.8, 4) is 0 Å². The quantitative estimate of drug-likeness (QED) is 0.0264. The maximum atomic E-state index is 12.8. The van der Waals surface area contributed by atoms with Gasteiger partial charge in [-0.2, -0.15) is 0 Å². The number of phosphoric acid groups is 1. The van der Waals surface area contributed by atoms with Crippen LogP contribution in [0.15, 0.2) is 194 Å². The molecule has 0 aliphatic rings. The average Bonchev–Trinajstić information content (AvgIpc) is 3.52. The first kappa shape index (κ1) is 79.8. The van der Waals surface area contributed by atoms with E-state index in [9.17, 15) is 19.0 Å². The van der Waals surface area contributed by atoms with Crippen LogP contribution in [0.25, 0.3) is 0 Å². The second-order valence-electron chi connectivity index (χ2n) is 20.9. The van der Waals surface area contributed by atoms with Crippen LogP contribution in [-0.2, 0) is 32.7 Å². The summed E-state index contributed by atoms with van der Waals surface area (Å²) in [5.41, 5.74) is 5.39. The highest BCUT2D eigenvalue weighted by Crippen LogP contribution is 2.43. The fourth-order valence-corrected chi connectivity index (χ4v) is 8.96. The number of rotatable bonds is 59. The number of carbonyl (C=O) groups excluding carboxylic acids is 2. The second-order valence-corrected chi connectivity index (χ2v) is 22.3. The largest absolute Gasteiger partial charge is 0.472 e. The van der Waals surface area contributed by atoms with Gasteiger partial charge < -0.3 is 20.1 Å². The zero-order valence-electron chi connectivity index (χ0n) is 53.3. The van der Waals surface area contributed by atoms with Crippen LogP contribution in [0.1, 0.15) is 232 Å². The van der Waals surface area contributed by atoms with Crippen molar-refractivity contribution in [1.82, 2.24) is 0 Å². The number of carbonyl (C=O) groups is 2. The Morgan fingerprint density at radius 3 is 0.929 bits per heavy atom. The molecule has 0 aromatic rings. The van der Waals surface area contributed by atoms with Gasteiger partial charge in [0.15, 0.2) is 6.10 Å². The lowest BCUT2D eigenvalue weighted by atomic mass is 10.0. The molecule has 0 spiro atoms. The van der Waals surface area contributed by atoms with Crippen LogP contribution in [0.2, 0.25) is 0 Å². The predicted octanol–water partition coefficient (Wildman–Crippen LogP) is 21.7. The fourth-order valence-electron chi connectivity index (χ4n) is 8.20. The van der Waals surface area contributed by atoms with Crippen molar-refractivity contribution in [2.45, 2.75) is 238 Å². The highest BCUT2D eigenvalue weighted by atomic mass is 31.2. The topological polar surface area (TPSA) is 134 Å².